The van der Waals surface area contributed by atoms with Gasteiger partial charge >= 0.3 is 0 Å². The van der Waals surface area contributed by atoms with Gasteiger partial charge in [0.15, 0.2) is 0 Å². The van der Waals surface area contributed by atoms with Crippen molar-refractivity contribution < 1.29 is 4.74 Å². The zero-order valence-corrected chi connectivity index (χ0v) is 16.2. The molecular weight excluding hydrogens is 334 g/mol. The average Bonchev–Trinajstić information content (AvgIpc) is 2.70. The third-order valence-corrected chi connectivity index (χ3v) is 5.01. The Bertz CT molecular complexity index is 848. The number of rotatable bonds is 6. The number of aliphatic imine (C=N–C) groups is 2. The number of allylic oxidation sites excluding steroid dienone is 1. The van der Waals surface area contributed by atoms with E-state index in [0.717, 1.165) is 11.3 Å². The fourth-order valence-corrected chi connectivity index (χ4v) is 3.25. The summed E-state index contributed by atoms with van der Waals surface area (Å²) in [7, 11) is 0. The minimum Gasteiger partial charge on any atom is -0.438 e. The summed E-state index contributed by atoms with van der Waals surface area (Å²) in [6, 6.07) is 10.3. The molecule has 0 unspecified atom stereocenters. The van der Waals surface area contributed by atoms with Crippen molar-refractivity contribution in [3.8, 4) is 11.6 Å². The SMILES string of the molecule is C=N/C(=C\C=NC1CCCCC1)c1cccnc1Oc1ccc(C)c(C)c1. The van der Waals surface area contributed by atoms with E-state index >= 15 is 0 Å². The number of pyridine rings is 1. The normalized spacial score (nSPS) is 15.9. The van der Waals surface area contributed by atoms with E-state index in [1.807, 2.05) is 42.6 Å². The van der Waals surface area contributed by atoms with E-state index in [0.29, 0.717) is 17.6 Å². The molecule has 1 aromatic carbocycles. The maximum Gasteiger partial charge on any atom is 0.228 e. The maximum atomic E-state index is 6.04. The molecule has 1 saturated carbocycles. The zero-order chi connectivity index (χ0) is 19.1. The van der Waals surface area contributed by atoms with Crippen molar-refractivity contribution in [1.82, 2.24) is 4.98 Å². The first-order valence-electron chi connectivity index (χ1n) is 9.58. The Morgan fingerprint density at radius 2 is 1.96 bits per heavy atom. The molecule has 2 aromatic rings. The molecule has 0 amide bonds. The van der Waals surface area contributed by atoms with Gasteiger partial charge in [0, 0.05) is 18.5 Å². The molecule has 1 aliphatic carbocycles. The van der Waals surface area contributed by atoms with Gasteiger partial charge < -0.3 is 4.74 Å². The van der Waals surface area contributed by atoms with Crippen molar-refractivity contribution in [2.24, 2.45) is 9.98 Å². The number of hydrogen-bond acceptors (Lipinski definition) is 4. The van der Waals surface area contributed by atoms with Crippen molar-refractivity contribution in [3.63, 3.8) is 0 Å². The van der Waals surface area contributed by atoms with Crippen molar-refractivity contribution in [2.45, 2.75) is 52.0 Å². The van der Waals surface area contributed by atoms with Crippen molar-refractivity contribution in [1.29, 1.82) is 0 Å². The Morgan fingerprint density at radius 3 is 2.70 bits per heavy atom. The van der Waals surface area contributed by atoms with Gasteiger partial charge in [-0.05, 0) is 74.9 Å². The quantitative estimate of drug-likeness (QED) is 0.598. The third kappa shape index (κ3) is 5.13. The van der Waals surface area contributed by atoms with Crippen LogP contribution >= 0.6 is 0 Å². The molecule has 140 valence electrons. The van der Waals surface area contributed by atoms with Crippen LogP contribution in [0.2, 0.25) is 0 Å². The summed E-state index contributed by atoms with van der Waals surface area (Å²) in [5.74, 6) is 1.28. The number of benzene rings is 1. The standard InChI is InChI=1S/C23H27N3O/c1-17-11-12-20(16-18(17)2)27-23-21(10-7-14-26-23)22(24-3)13-15-25-19-8-5-4-6-9-19/h7,10-16,19H,3-6,8-9H2,1-2H3/b22-13-,25-15?. The maximum absolute atomic E-state index is 6.04. The number of nitrogens with zero attached hydrogens (tertiary/aromatic N) is 3. The lowest BCUT2D eigenvalue weighted by Gasteiger charge is -2.16. The lowest BCUT2D eigenvalue weighted by Crippen LogP contribution is -2.09. The first kappa shape index (κ1) is 19.0. The summed E-state index contributed by atoms with van der Waals surface area (Å²) in [5, 5.41) is 0. The Kier molecular flexibility index (Phi) is 6.53. The highest BCUT2D eigenvalue weighted by molar-refractivity contribution is 5.86. The number of aryl methyl sites for hydroxylation is 2. The summed E-state index contributed by atoms with van der Waals surface area (Å²) < 4.78 is 6.04. The summed E-state index contributed by atoms with van der Waals surface area (Å²) in [6.45, 7) is 7.87. The van der Waals surface area contributed by atoms with Crippen molar-refractivity contribution in [2.75, 3.05) is 0 Å². The summed E-state index contributed by atoms with van der Waals surface area (Å²) in [4.78, 5) is 13.3. The first-order valence-corrected chi connectivity index (χ1v) is 9.58. The van der Waals surface area contributed by atoms with Crippen LogP contribution in [0.1, 0.15) is 48.8 Å². The molecule has 3 rings (SSSR count). The summed E-state index contributed by atoms with van der Waals surface area (Å²) >= 11 is 0. The van der Waals surface area contributed by atoms with Gasteiger partial charge in [0.1, 0.15) is 5.75 Å². The second-order valence-corrected chi connectivity index (χ2v) is 7.00. The highest BCUT2D eigenvalue weighted by atomic mass is 16.5. The van der Waals surface area contributed by atoms with Gasteiger partial charge in [-0.15, -0.1) is 0 Å². The van der Waals surface area contributed by atoms with E-state index in [1.54, 1.807) is 6.20 Å². The van der Waals surface area contributed by atoms with Crippen LogP contribution in [0.4, 0.5) is 0 Å². The lowest BCUT2D eigenvalue weighted by molar-refractivity contribution is 0.444. The zero-order valence-electron chi connectivity index (χ0n) is 16.2. The van der Waals surface area contributed by atoms with Gasteiger partial charge in [0.25, 0.3) is 0 Å². The molecule has 0 spiro atoms. The molecule has 0 bridgehead atoms. The molecule has 1 fully saturated rings. The molecule has 0 aliphatic heterocycles. The molecule has 27 heavy (non-hydrogen) atoms. The monoisotopic (exact) mass is 361 g/mol. The number of ether oxygens (including phenoxy) is 1. The fraction of sp³-hybridized carbons (Fsp3) is 0.348. The van der Waals surface area contributed by atoms with Gasteiger partial charge in [0.2, 0.25) is 5.88 Å². The van der Waals surface area contributed by atoms with Crippen LogP contribution in [0.25, 0.3) is 5.70 Å². The van der Waals surface area contributed by atoms with Crippen LogP contribution < -0.4 is 4.74 Å². The molecular formula is C23H27N3O. The molecule has 0 atom stereocenters. The molecule has 1 aromatic heterocycles. The fourth-order valence-electron chi connectivity index (χ4n) is 3.25. The molecule has 1 heterocycles. The second kappa shape index (κ2) is 9.26. The van der Waals surface area contributed by atoms with Crippen LogP contribution in [-0.4, -0.2) is 24.0 Å². The van der Waals surface area contributed by atoms with Crippen LogP contribution in [0, 0.1) is 13.8 Å². The predicted octanol–water partition coefficient (Wildman–Crippen LogP) is 5.94. The minimum atomic E-state index is 0.432. The van der Waals surface area contributed by atoms with Crippen molar-refractivity contribution in [3.05, 3.63) is 59.3 Å². The van der Waals surface area contributed by atoms with E-state index in [1.165, 1.54) is 43.2 Å². The van der Waals surface area contributed by atoms with E-state index in [9.17, 15) is 0 Å². The van der Waals surface area contributed by atoms with Gasteiger partial charge in [-0.25, -0.2) is 4.98 Å². The topological polar surface area (TPSA) is 46.8 Å². The van der Waals surface area contributed by atoms with Gasteiger partial charge in [-0.1, -0.05) is 25.3 Å². The van der Waals surface area contributed by atoms with Crippen LogP contribution in [0.5, 0.6) is 11.6 Å². The van der Waals surface area contributed by atoms with Gasteiger partial charge in [0.05, 0.1) is 11.3 Å². The third-order valence-electron chi connectivity index (χ3n) is 5.01. The molecule has 1 aliphatic rings. The molecule has 4 nitrogen and oxygen atoms in total. The Labute approximate surface area is 161 Å². The van der Waals surface area contributed by atoms with Crippen LogP contribution in [0.3, 0.4) is 0 Å². The van der Waals surface area contributed by atoms with Gasteiger partial charge in [-0.3, -0.25) is 9.98 Å². The number of aromatic nitrogens is 1. The Morgan fingerprint density at radius 1 is 1.15 bits per heavy atom. The van der Waals surface area contributed by atoms with E-state index in [2.05, 4.69) is 35.5 Å². The molecule has 0 saturated heterocycles. The van der Waals surface area contributed by atoms with Gasteiger partial charge in [-0.2, -0.15) is 0 Å². The Hall–Kier alpha value is -2.75. The number of hydrogen-bond donors (Lipinski definition) is 0. The molecule has 4 heteroatoms. The Balaban J connectivity index is 1.81. The molecule has 0 radical (unpaired) electrons. The van der Waals surface area contributed by atoms with E-state index in [-0.39, 0.29) is 0 Å². The summed E-state index contributed by atoms with van der Waals surface area (Å²) in [5.41, 5.74) is 3.93. The smallest absolute Gasteiger partial charge is 0.228 e. The highest BCUT2D eigenvalue weighted by Crippen LogP contribution is 2.29. The van der Waals surface area contributed by atoms with Crippen LogP contribution in [0.15, 0.2) is 52.6 Å². The predicted molar refractivity (Wildman–Crippen MR) is 113 cm³/mol. The highest BCUT2D eigenvalue weighted by Gasteiger charge is 2.12. The van der Waals surface area contributed by atoms with Crippen molar-refractivity contribution >= 4 is 18.6 Å². The average molecular weight is 361 g/mol. The van der Waals surface area contributed by atoms with Crippen LogP contribution in [-0.2, 0) is 0 Å². The largest absolute Gasteiger partial charge is 0.438 e. The van der Waals surface area contributed by atoms with E-state index in [4.69, 9.17) is 4.74 Å². The molecule has 0 N–H and O–H groups in total. The summed E-state index contributed by atoms with van der Waals surface area (Å²) in [6.07, 6.45) is 11.7. The van der Waals surface area contributed by atoms with E-state index < -0.39 is 0 Å². The first-order chi connectivity index (χ1) is 13.2. The lowest BCUT2D eigenvalue weighted by atomic mass is 9.96. The minimum absolute atomic E-state index is 0.432. The second-order valence-electron chi connectivity index (χ2n) is 7.00.